The molecular formula is C14H21BrClN. The van der Waals surface area contributed by atoms with E-state index in [-0.39, 0.29) is 0 Å². The number of nitrogens with one attached hydrogen (secondary N) is 1. The second-order valence-electron chi connectivity index (χ2n) is 4.28. The molecule has 96 valence electrons. The first-order valence-corrected chi connectivity index (χ1v) is 7.49. The van der Waals surface area contributed by atoms with Gasteiger partial charge in [-0.3, -0.25) is 0 Å². The molecule has 1 aromatic rings. The Kier molecular flexibility index (Phi) is 6.53. The van der Waals surface area contributed by atoms with Crippen LogP contribution in [0.3, 0.4) is 0 Å². The fraction of sp³-hybridized carbons (Fsp3) is 0.571. The van der Waals surface area contributed by atoms with Gasteiger partial charge in [-0.1, -0.05) is 67.2 Å². The molecule has 0 saturated carbocycles. The summed E-state index contributed by atoms with van der Waals surface area (Å²) in [4.78, 5) is 0. The minimum atomic E-state index is 0.404. The second kappa shape index (κ2) is 7.40. The van der Waals surface area contributed by atoms with Gasteiger partial charge in [0.15, 0.2) is 0 Å². The third-order valence-electron chi connectivity index (χ3n) is 3.24. The molecule has 0 saturated heterocycles. The average molecular weight is 319 g/mol. The lowest BCUT2D eigenvalue weighted by Crippen LogP contribution is -2.28. The topological polar surface area (TPSA) is 12.0 Å². The Bertz CT molecular complexity index is 350. The molecule has 0 aliphatic rings. The highest BCUT2D eigenvalue weighted by molar-refractivity contribution is 9.10. The molecule has 1 atom stereocenters. The van der Waals surface area contributed by atoms with E-state index in [0.717, 1.165) is 16.0 Å². The first kappa shape index (κ1) is 15.0. The molecule has 1 rings (SSSR count). The van der Waals surface area contributed by atoms with Crippen LogP contribution in [0.5, 0.6) is 0 Å². The van der Waals surface area contributed by atoms with E-state index in [2.05, 4.69) is 48.1 Å². The first-order valence-electron chi connectivity index (χ1n) is 6.32. The van der Waals surface area contributed by atoms with E-state index in [1.807, 2.05) is 12.1 Å². The minimum absolute atomic E-state index is 0.404. The Morgan fingerprint density at radius 2 is 1.88 bits per heavy atom. The van der Waals surface area contributed by atoms with Gasteiger partial charge in [-0.2, -0.15) is 0 Å². The molecule has 1 unspecified atom stereocenters. The van der Waals surface area contributed by atoms with Gasteiger partial charge in [0.2, 0.25) is 0 Å². The van der Waals surface area contributed by atoms with Crippen LogP contribution in [0, 0.1) is 5.92 Å². The quantitative estimate of drug-likeness (QED) is 0.761. The molecule has 0 amide bonds. The lowest BCUT2D eigenvalue weighted by Gasteiger charge is -2.27. The van der Waals surface area contributed by atoms with Crippen LogP contribution in [0.1, 0.15) is 45.2 Å². The van der Waals surface area contributed by atoms with E-state index in [4.69, 9.17) is 11.6 Å². The summed E-state index contributed by atoms with van der Waals surface area (Å²) in [5, 5.41) is 4.37. The van der Waals surface area contributed by atoms with Gasteiger partial charge < -0.3 is 5.32 Å². The van der Waals surface area contributed by atoms with Gasteiger partial charge >= 0.3 is 0 Å². The molecule has 3 heteroatoms. The number of hydrogen-bond acceptors (Lipinski definition) is 1. The van der Waals surface area contributed by atoms with Gasteiger partial charge in [-0.05, 0) is 30.2 Å². The molecule has 0 spiro atoms. The third kappa shape index (κ3) is 3.97. The van der Waals surface area contributed by atoms with Crippen molar-refractivity contribution in [3.63, 3.8) is 0 Å². The van der Waals surface area contributed by atoms with E-state index >= 15 is 0 Å². The summed E-state index contributed by atoms with van der Waals surface area (Å²) >= 11 is 9.62. The molecule has 17 heavy (non-hydrogen) atoms. The van der Waals surface area contributed by atoms with Gasteiger partial charge in [0.25, 0.3) is 0 Å². The molecule has 1 N–H and O–H groups in total. The summed E-state index contributed by atoms with van der Waals surface area (Å²) < 4.78 is 1.10. The summed E-state index contributed by atoms with van der Waals surface area (Å²) in [6.45, 7) is 7.64. The van der Waals surface area contributed by atoms with E-state index in [1.165, 1.54) is 18.4 Å². The number of hydrogen-bond donors (Lipinski definition) is 1. The predicted octanol–water partition coefficient (Wildman–Crippen LogP) is 5.19. The van der Waals surface area contributed by atoms with Crippen LogP contribution in [0.4, 0.5) is 0 Å². The largest absolute Gasteiger partial charge is 0.310 e. The lowest BCUT2D eigenvalue weighted by molar-refractivity contribution is 0.345. The molecule has 0 aliphatic heterocycles. The van der Waals surface area contributed by atoms with E-state index in [9.17, 15) is 0 Å². The van der Waals surface area contributed by atoms with Crippen molar-refractivity contribution >= 4 is 27.5 Å². The fourth-order valence-corrected chi connectivity index (χ4v) is 3.19. The highest BCUT2D eigenvalue weighted by Gasteiger charge is 2.21. The number of halogens is 2. The molecule has 0 aromatic heterocycles. The standard InChI is InChI=1S/C14H21BrClN/c1-4-10(5-2)14(17-6-3)12-8-7-11(16)9-13(12)15/h7-10,14,17H,4-6H2,1-3H3. The Hall–Kier alpha value is -0.0500. The van der Waals surface area contributed by atoms with Crippen LogP contribution < -0.4 is 5.32 Å². The van der Waals surface area contributed by atoms with Crippen LogP contribution in [0.2, 0.25) is 5.02 Å². The zero-order chi connectivity index (χ0) is 12.8. The molecule has 1 nitrogen and oxygen atoms in total. The van der Waals surface area contributed by atoms with Crippen molar-refractivity contribution in [2.75, 3.05) is 6.54 Å². The lowest BCUT2D eigenvalue weighted by atomic mass is 9.89. The van der Waals surface area contributed by atoms with E-state index in [0.29, 0.717) is 12.0 Å². The molecule has 0 bridgehead atoms. The summed E-state index contributed by atoms with van der Waals surface area (Å²) in [6, 6.07) is 6.47. The van der Waals surface area contributed by atoms with Crippen molar-refractivity contribution in [3.05, 3.63) is 33.3 Å². The maximum Gasteiger partial charge on any atom is 0.0417 e. The van der Waals surface area contributed by atoms with Crippen LogP contribution in [-0.4, -0.2) is 6.54 Å². The SMILES string of the molecule is CCNC(c1ccc(Cl)cc1Br)C(CC)CC. The van der Waals surface area contributed by atoms with Crippen molar-refractivity contribution in [2.24, 2.45) is 5.92 Å². The average Bonchev–Trinajstić information content (AvgIpc) is 2.30. The third-order valence-corrected chi connectivity index (χ3v) is 4.16. The summed E-state index contributed by atoms with van der Waals surface area (Å²) in [5.41, 5.74) is 1.31. The summed E-state index contributed by atoms with van der Waals surface area (Å²) in [7, 11) is 0. The Morgan fingerprint density at radius 3 is 2.35 bits per heavy atom. The van der Waals surface area contributed by atoms with Gasteiger partial charge in [0.1, 0.15) is 0 Å². The van der Waals surface area contributed by atoms with Crippen LogP contribution in [0.25, 0.3) is 0 Å². The zero-order valence-electron chi connectivity index (χ0n) is 10.8. The van der Waals surface area contributed by atoms with Gasteiger partial charge in [0, 0.05) is 15.5 Å². The number of benzene rings is 1. The molecule has 0 aliphatic carbocycles. The van der Waals surface area contributed by atoms with E-state index in [1.54, 1.807) is 0 Å². The van der Waals surface area contributed by atoms with Gasteiger partial charge in [0.05, 0.1) is 0 Å². The Labute approximate surface area is 118 Å². The highest BCUT2D eigenvalue weighted by atomic mass is 79.9. The van der Waals surface area contributed by atoms with Crippen LogP contribution in [-0.2, 0) is 0 Å². The van der Waals surface area contributed by atoms with E-state index < -0.39 is 0 Å². The normalized spacial score (nSPS) is 13.1. The predicted molar refractivity (Wildman–Crippen MR) is 79.6 cm³/mol. The fourth-order valence-electron chi connectivity index (χ4n) is 2.26. The van der Waals surface area contributed by atoms with Gasteiger partial charge in [-0.15, -0.1) is 0 Å². The number of rotatable bonds is 6. The molecule has 0 fully saturated rings. The summed E-state index contributed by atoms with van der Waals surface area (Å²) in [6.07, 6.45) is 2.37. The molecule has 1 aromatic carbocycles. The van der Waals surface area contributed by atoms with Crippen molar-refractivity contribution < 1.29 is 0 Å². The van der Waals surface area contributed by atoms with Gasteiger partial charge in [-0.25, -0.2) is 0 Å². The molecule has 0 heterocycles. The summed E-state index contributed by atoms with van der Waals surface area (Å²) in [5.74, 6) is 0.660. The zero-order valence-corrected chi connectivity index (χ0v) is 13.1. The highest BCUT2D eigenvalue weighted by Crippen LogP contribution is 2.33. The maximum atomic E-state index is 6.00. The smallest absolute Gasteiger partial charge is 0.0417 e. The van der Waals surface area contributed by atoms with Crippen LogP contribution in [0.15, 0.2) is 22.7 Å². The van der Waals surface area contributed by atoms with Crippen molar-refractivity contribution in [1.82, 2.24) is 5.32 Å². The first-order chi connectivity index (χ1) is 8.13. The molecule has 0 radical (unpaired) electrons. The van der Waals surface area contributed by atoms with Crippen molar-refractivity contribution in [3.8, 4) is 0 Å². The van der Waals surface area contributed by atoms with Crippen molar-refractivity contribution in [2.45, 2.75) is 39.7 Å². The monoisotopic (exact) mass is 317 g/mol. The second-order valence-corrected chi connectivity index (χ2v) is 5.57. The Morgan fingerprint density at radius 1 is 1.24 bits per heavy atom. The molecular weight excluding hydrogens is 298 g/mol. The van der Waals surface area contributed by atoms with Crippen molar-refractivity contribution in [1.29, 1.82) is 0 Å². The van der Waals surface area contributed by atoms with Crippen LogP contribution >= 0.6 is 27.5 Å². The minimum Gasteiger partial charge on any atom is -0.310 e. The Balaban J connectivity index is 3.03. The maximum absolute atomic E-state index is 6.00.